The van der Waals surface area contributed by atoms with Crippen LogP contribution >= 0.6 is 0 Å². The van der Waals surface area contributed by atoms with E-state index >= 15 is 0 Å². The molecule has 5 heteroatoms. The molecule has 0 radical (unpaired) electrons. The third kappa shape index (κ3) is 0.705. The molecule has 0 saturated carbocycles. The molecule has 0 aliphatic carbocycles. The molecule has 1 rings (SSSR count). The Morgan fingerprint density at radius 3 is 2.43 bits per heavy atom. The summed E-state index contributed by atoms with van der Waals surface area (Å²) in [7, 11) is 0. The van der Waals surface area contributed by atoms with Gasteiger partial charge in [-0.3, -0.25) is 0 Å². The van der Waals surface area contributed by atoms with Crippen molar-refractivity contribution in [2.45, 2.75) is 0 Å². The predicted molar refractivity (Wildman–Crippen MR) is 28.8 cm³/mol. The Kier molecular flexibility index (Phi) is 0.747. The molecular weight excluding hydrogens is 90.9 g/mol. The fraction of sp³-hybridized carbons (Fsp3) is 0. The van der Waals surface area contributed by atoms with Crippen molar-refractivity contribution >= 4 is 18.3 Å². The van der Waals surface area contributed by atoms with Crippen molar-refractivity contribution in [1.82, 2.24) is 10.2 Å². The summed E-state index contributed by atoms with van der Waals surface area (Å²) in [4.78, 5) is 0. The number of hydrogen-bond donors (Lipinski definition) is 3. The minimum absolute atomic E-state index is 0.428. The average molecular weight is 95.9 g/mol. The van der Waals surface area contributed by atoms with Gasteiger partial charge in [0.2, 0.25) is 0 Å². The number of H-pyrrole nitrogens is 1. The standard InChI is InChI=1S/C2H5BN4/c4-1-3-2(5)7-6-1/h6H,4H2,(H2,5,7). The molecule has 0 atom stereocenters. The van der Waals surface area contributed by atoms with Crippen LogP contribution in [0.1, 0.15) is 0 Å². The number of rotatable bonds is 0. The molecule has 1 heterocycles. The Balaban J connectivity index is 3.04. The third-order valence-corrected chi connectivity index (χ3v) is 0.617. The molecule has 0 aromatic carbocycles. The van der Waals surface area contributed by atoms with Gasteiger partial charge in [0, 0.05) is 0 Å². The van der Waals surface area contributed by atoms with Crippen molar-refractivity contribution in [1.29, 1.82) is 0 Å². The summed E-state index contributed by atoms with van der Waals surface area (Å²) in [5.74, 6) is 0. The summed E-state index contributed by atoms with van der Waals surface area (Å²) in [6, 6.07) is 0. The van der Waals surface area contributed by atoms with Crippen LogP contribution in [0.15, 0.2) is 0 Å². The second-order valence-corrected chi connectivity index (χ2v) is 1.25. The second kappa shape index (κ2) is 1.25. The molecule has 5 N–H and O–H groups in total. The molecule has 0 aliphatic rings. The molecule has 1 aromatic heterocycles. The normalized spacial score (nSPS) is 8.57. The van der Waals surface area contributed by atoms with Crippen molar-refractivity contribution in [3.05, 3.63) is 0 Å². The third-order valence-electron chi connectivity index (χ3n) is 0.617. The van der Waals surface area contributed by atoms with Gasteiger partial charge in [0.05, 0.1) is 0 Å². The van der Waals surface area contributed by atoms with E-state index in [-0.39, 0.29) is 0 Å². The molecular formula is C2H5BN4. The topological polar surface area (TPSA) is 80.7 Å². The number of hydrogen-bond acceptors (Lipinski definition) is 3. The summed E-state index contributed by atoms with van der Waals surface area (Å²) >= 11 is 0. The molecule has 1 aromatic rings. The molecule has 0 spiro atoms. The van der Waals surface area contributed by atoms with Crippen LogP contribution in [-0.4, -0.2) is 17.1 Å². The van der Waals surface area contributed by atoms with Crippen LogP contribution in [0.3, 0.4) is 0 Å². The van der Waals surface area contributed by atoms with E-state index < -0.39 is 0 Å². The summed E-state index contributed by atoms with van der Waals surface area (Å²) in [6.45, 7) is 1.56. The van der Waals surface area contributed by atoms with Crippen molar-refractivity contribution in [2.75, 3.05) is 11.5 Å². The molecule has 4 nitrogen and oxygen atoms in total. The van der Waals surface area contributed by atoms with E-state index in [4.69, 9.17) is 11.5 Å². The number of aromatic amines is 1. The minimum atomic E-state index is 0.428. The van der Waals surface area contributed by atoms with Crippen LogP contribution in [0, 0.1) is 0 Å². The second-order valence-electron chi connectivity index (χ2n) is 1.25. The maximum atomic E-state index is 5.18. The Morgan fingerprint density at radius 2 is 2.29 bits per heavy atom. The van der Waals surface area contributed by atoms with Gasteiger partial charge in [0.15, 0.2) is 0 Å². The Labute approximate surface area is 41.1 Å². The van der Waals surface area contributed by atoms with E-state index in [0.29, 0.717) is 11.4 Å². The van der Waals surface area contributed by atoms with Gasteiger partial charge in [0.1, 0.15) is 0 Å². The monoisotopic (exact) mass is 96.1 g/mol. The van der Waals surface area contributed by atoms with E-state index in [1.807, 2.05) is 0 Å². The Morgan fingerprint density at radius 1 is 1.57 bits per heavy atom. The number of aromatic nitrogens is 2. The number of nitrogens with one attached hydrogen (secondary N) is 1. The number of nitrogens with two attached hydrogens (primary N) is 2. The van der Waals surface area contributed by atoms with Crippen LogP contribution in [0.4, 0.5) is 11.4 Å². The number of nitrogen functional groups attached to an aromatic ring is 2. The van der Waals surface area contributed by atoms with Crippen molar-refractivity contribution in [3.8, 4) is 0 Å². The Hall–Kier alpha value is -0.995. The van der Waals surface area contributed by atoms with Gasteiger partial charge >= 0.3 is 40.0 Å². The van der Waals surface area contributed by atoms with Gasteiger partial charge in [-0.1, -0.05) is 0 Å². The molecule has 0 amide bonds. The molecule has 0 fully saturated rings. The first kappa shape index (κ1) is 4.17. The molecule has 0 bridgehead atoms. The maximum absolute atomic E-state index is 5.18. The van der Waals surface area contributed by atoms with Gasteiger partial charge in [-0.2, -0.15) is 0 Å². The van der Waals surface area contributed by atoms with Gasteiger partial charge in [-0.25, -0.2) is 0 Å². The first-order valence-electron chi connectivity index (χ1n) is 1.85. The molecule has 0 aliphatic heterocycles. The van der Waals surface area contributed by atoms with Crippen molar-refractivity contribution in [2.24, 2.45) is 0 Å². The zero-order valence-corrected chi connectivity index (χ0v) is 3.68. The number of anilines is 2. The van der Waals surface area contributed by atoms with Crippen LogP contribution in [-0.2, 0) is 0 Å². The molecule has 0 unspecified atom stereocenters. The fourth-order valence-corrected chi connectivity index (χ4v) is 0.353. The molecule has 0 saturated heterocycles. The fourth-order valence-electron chi connectivity index (χ4n) is 0.353. The van der Waals surface area contributed by atoms with Gasteiger partial charge in [-0.05, 0) is 0 Å². The van der Waals surface area contributed by atoms with Gasteiger partial charge < -0.3 is 0 Å². The predicted octanol–water partition coefficient (Wildman–Crippen LogP) is -1.09. The van der Waals surface area contributed by atoms with E-state index in [0.717, 1.165) is 0 Å². The summed E-state index contributed by atoms with van der Waals surface area (Å²) < 4.78 is 0. The molecule has 36 valence electrons. The summed E-state index contributed by atoms with van der Waals surface area (Å²) in [6.07, 6.45) is 0. The van der Waals surface area contributed by atoms with Gasteiger partial charge in [0.25, 0.3) is 0 Å². The van der Waals surface area contributed by atoms with Crippen LogP contribution in [0.2, 0.25) is 0 Å². The van der Waals surface area contributed by atoms with E-state index in [9.17, 15) is 0 Å². The van der Waals surface area contributed by atoms with Crippen molar-refractivity contribution < 1.29 is 0 Å². The zero-order valence-electron chi connectivity index (χ0n) is 3.68. The quantitative estimate of drug-likeness (QED) is 0.384. The van der Waals surface area contributed by atoms with Crippen LogP contribution in [0.5, 0.6) is 0 Å². The van der Waals surface area contributed by atoms with E-state index in [2.05, 4.69) is 10.2 Å². The first-order chi connectivity index (χ1) is 3.29. The van der Waals surface area contributed by atoms with Gasteiger partial charge in [-0.15, -0.1) is 0 Å². The number of nitrogens with zero attached hydrogens (tertiary/aromatic N) is 1. The van der Waals surface area contributed by atoms with E-state index in [1.165, 1.54) is 0 Å². The zero-order chi connectivity index (χ0) is 5.28. The molecule has 7 heavy (non-hydrogen) atoms. The average Bonchev–Trinajstić information content (AvgIpc) is 1.87. The van der Waals surface area contributed by atoms with Crippen LogP contribution < -0.4 is 11.5 Å². The summed E-state index contributed by atoms with van der Waals surface area (Å²) in [5, 5.41) is 6.02. The Bertz CT molecular complexity index is 142. The summed E-state index contributed by atoms with van der Waals surface area (Å²) in [5.41, 5.74) is 11.3. The van der Waals surface area contributed by atoms with E-state index in [1.54, 1.807) is 6.91 Å². The SMILES string of the molecule is Nc1bc(N)[nH]n1. The van der Waals surface area contributed by atoms with Crippen molar-refractivity contribution in [3.63, 3.8) is 0 Å². The van der Waals surface area contributed by atoms with Crippen LogP contribution in [0.25, 0.3) is 0 Å². The first-order valence-corrected chi connectivity index (χ1v) is 1.85.